The minimum atomic E-state index is -0.177. The molecule has 1 rings (SSSR count). The number of hydrogen-bond donors (Lipinski definition) is 2. The molecule has 1 aromatic rings. The number of ether oxygens (including phenoxy) is 1. The van der Waals surface area contributed by atoms with Crippen LogP contribution in [0.1, 0.15) is 29.3 Å². The van der Waals surface area contributed by atoms with Crippen LogP contribution >= 0.6 is 0 Å². The molecule has 0 aliphatic heterocycles. The largest absolute Gasteiger partial charge is 0.508 e. The van der Waals surface area contributed by atoms with Gasteiger partial charge in [0.2, 0.25) is 0 Å². The molecule has 0 saturated carbocycles. The number of carbonyl (C=O) groups excluding carboxylic acids is 1. The van der Waals surface area contributed by atoms with E-state index >= 15 is 0 Å². The third-order valence-electron chi connectivity index (χ3n) is 2.60. The zero-order chi connectivity index (χ0) is 12.8. The normalized spacial score (nSPS) is 12.2. The minimum absolute atomic E-state index is 0.0471. The van der Waals surface area contributed by atoms with Gasteiger partial charge in [-0.25, -0.2) is 0 Å². The van der Waals surface area contributed by atoms with E-state index < -0.39 is 0 Å². The van der Waals surface area contributed by atoms with Crippen molar-refractivity contribution >= 4 is 5.91 Å². The molecule has 17 heavy (non-hydrogen) atoms. The van der Waals surface area contributed by atoms with Gasteiger partial charge in [-0.05, 0) is 38.0 Å². The maximum Gasteiger partial charge on any atom is 0.251 e. The highest BCUT2D eigenvalue weighted by Gasteiger charge is 2.10. The highest BCUT2D eigenvalue weighted by Crippen LogP contribution is 2.17. The summed E-state index contributed by atoms with van der Waals surface area (Å²) in [5.74, 6) is -0.0360. The second-order valence-electron chi connectivity index (χ2n) is 4.16. The number of aromatic hydroxyl groups is 1. The van der Waals surface area contributed by atoms with E-state index in [1.54, 1.807) is 26.2 Å². The fourth-order valence-electron chi connectivity index (χ4n) is 1.42. The SMILES string of the molecule is COCCC(C)NC(=O)c1ccc(C)c(O)c1. The number of phenols is 1. The summed E-state index contributed by atoms with van der Waals surface area (Å²) in [5, 5.41) is 12.4. The van der Waals surface area contributed by atoms with Crippen molar-refractivity contribution in [1.29, 1.82) is 0 Å². The molecule has 1 amide bonds. The van der Waals surface area contributed by atoms with Gasteiger partial charge in [0.15, 0.2) is 0 Å². The number of carbonyl (C=O) groups is 1. The summed E-state index contributed by atoms with van der Waals surface area (Å²) < 4.78 is 4.94. The molecule has 0 spiro atoms. The highest BCUT2D eigenvalue weighted by atomic mass is 16.5. The Bertz CT molecular complexity index is 390. The molecule has 0 aliphatic carbocycles. The van der Waals surface area contributed by atoms with E-state index in [2.05, 4.69) is 5.32 Å². The maximum atomic E-state index is 11.8. The first-order chi connectivity index (χ1) is 8.04. The number of phenolic OH excluding ortho intramolecular Hbond substituents is 1. The zero-order valence-electron chi connectivity index (χ0n) is 10.5. The Kier molecular flexibility index (Phi) is 4.97. The summed E-state index contributed by atoms with van der Waals surface area (Å²) in [6.45, 7) is 4.32. The van der Waals surface area contributed by atoms with Gasteiger partial charge < -0.3 is 15.2 Å². The summed E-state index contributed by atoms with van der Waals surface area (Å²) in [5.41, 5.74) is 1.23. The van der Waals surface area contributed by atoms with Gasteiger partial charge in [0.05, 0.1) is 0 Å². The Labute approximate surface area is 102 Å². The van der Waals surface area contributed by atoms with E-state index in [1.165, 1.54) is 6.07 Å². The van der Waals surface area contributed by atoms with Gasteiger partial charge >= 0.3 is 0 Å². The van der Waals surface area contributed by atoms with Gasteiger partial charge in [-0.1, -0.05) is 6.07 Å². The van der Waals surface area contributed by atoms with Crippen molar-refractivity contribution in [1.82, 2.24) is 5.32 Å². The first-order valence-corrected chi connectivity index (χ1v) is 5.64. The number of rotatable bonds is 5. The Morgan fingerprint density at radius 1 is 1.53 bits per heavy atom. The quantitative estimate of drug-likeness (QED) is 0.821. The lowest BCUT2D eigenvalue weighted by molar-refractivity contribution is 0.0929. The summed E-state index contributed by atoms with van der Waals surface area (Å²) in [6, 6.07) is 4.96. The number of nitrogens with one attached hydrogen (secondary N) is 1. The third-order valence-corrected chi connectivity index (χ3v) is 2.60. The number of hydrogen-bond acceptors (Lipinski definition) is 3. The van der Waals surface area contributed by atoms with Crippen LogP contribution in [0.3, 0.4) is 0 Å². The van der Waals surface area contributed by atoms with Crippen molar-refractivity contribution < 1.29 is 14.6 Å². The van der Waals surface area contributed by atoms with Crippen molar-refractivity contribution in [2.45, 2.75) is 26.3 Å². The van der Waals surface area contributed by atoms with E-state index in [9.17, 15) is 9.90 Å². The fraction of sp³-hybridized carbons (Fsp3) is 0.462. The standard InChI is InChI=1S/C13H19NO3/c1-9-4-5-11(8-12(9)15)13(16)14-10(2)6-7-17-3/h4-5,8,10,15H,6-7H2,1-3H3,(H,14,16). The van der Waals surface area contributed by atoms with Gasteiger partial charge in [-0.3, -0.25) is 4.79 Å². The van der Waals surface area contributed by atoms with Crippen LogP contribution in [0, 0.1) is 6.92 Å². The molecule has 0 aromatic heterocycles. The molecule has 94 valence electrons. The molecule has 1 atom stereocenters. The van der Waals surface area contributed by atoms with Crippen molar-refractivity contribution in [2.24, 2.45) is 0 Å². The fourth-order valence-corrected chi connectivity index (χ4v) is 1.42. The second kappa shape index (κ2) is 6.25. The average molecular weight is 237 g/mol. The van der Waals surface area contributed by atoms with E-state index in [0.717, 1.165) is 12.0 Å². The lowest BCUT2D eigenvalue weighted by Gasteiger charge is -2.13. The molecule has 0 radical (unpaired) electrons. The molecule has 0 bridgehead atoms. The second-order valence-corrected chi connectivity index (χ2v) is 4.16. The molecular formula is C13H19NO3. The molecule has 1 unspecified atom stereocenters. The predicted octanol–water partition coefficient (Wildman–Crippen LogP) is 1.86. The van der Waals surface area contributed by atoms with E-state index in [0.29, 0.717) is 12.2 Å². The summed E-state index contributed by atoms with van der Waals surface area (Å²) >= 11 is 0. The van der Waals surface area contributed by atoms with Crippen molar-refractivity contribution in [2.75, 3.05) is 13.7 Å². The molecule has 4 nitrogen and oxygen atoms in total. The molecule has 0 aliphatic rings. The monoisotopic (exact) mass is 237 g/mol. The van der Waals surface area contributed by atoms with E-state index in [4.69, 9.17) is 4.74 Å². The van der Waals surface area contributed by atoms with E-state index in [1.807, 2.05) is 6.92 Å². The van der Waals surface area contributed by atoms with Gasteiger partial charge in [-0.2, -0.15) is 0 Å². The van der Waals surface area contributed by atoms with Crippen LogP contribution in [0.15, 0.2) is 18.2 Å². The lowest BCUT2D eigenvalue weighted by atomic mass is 10.1. The van der Waals surface area contributed by atoms with Crippen LogP contribution in [-0.4, -0.2) is 30.8 Å². The van der Waals surface area contributed by atoms with Crippen LogP contribution < -0.4 is 5.32 Å². The highest BCUT2D eigenvalue weighted by molar-refractivity contribution is 5.94. The van der Waals surface area contributed by atoms with Crippen LogP contribution in [-0.2, 0) is 4.74 Å². The number of aryl methyl sites for hydroxylation is 1. The maximum absolute atomic E-state index is 11.8. The van der Waals surface area contributed by atoms with Crippen LogP contribution in [0.5, 0.6) is 5.75 Å². The Balaban J connectivity index is 2.60. The van der Waals surface area contributed by atoms with Crippen LogP contribution in [0.2, 0.25) is 0 Å². The number of methoxy groups -OCH3 is 1. The Hall–Kier alpha value is -1.55. The summed E-state index contributed by atoms with van der Waals surface area (Å²) in [6.07, 6.45) is 0.764. The predicted molar refractivity (Wildman–Crippen MR) is 66.3 cm³/mol. The zero-order valence-corrected chi connectivity index (χ0v) is 10.5. The summed E-state index contributed by atoms with van der Waals surface area (Å²) in [7, 11) is 1.63. The molecule has 0 saturated heterocycles. The molecule has 0 heterocycles. The topological polar surface area (TPSA) is 58.6 Å². The average Bonchev–Trinajstić information content (AvgIpc) is 2.30. The number of amides is 1. The minimum Gasteiger partial charge on any atom is -0.508 e. The summed E-state index contributed by atoms with van der Waals surface area (Å²) in [4.78, 5) is 11.8. The lowest BCUT2D eigenvalue weighted by Crippen LogP contribution is -2.33. The van der Waals surface area contributed by atoms with Crippen molar-refractivity contribution in [3.05, 3.63) is 29.3 Å². The first-order valence-electron chi connectivity index (χ1n) is 5.64. The molecular weight excluding hydrogens is 218 g/mol. The van der Waals surface area contributed by atoms with Crippen LogP contribution in [0.4, 0.5) is 0 Å². The Morgan fingerprint density at radius 2 is 2.24 bits per heavy atom. The molecule has 0 fully saturated rings. The van der Waals surface area contributed by atoms with Gasteiger partial charge in [0.25, 0.3) is 5.91 Å². The number of benzene rings is 1. The first kappa shape index (κ1) is 13.5. The van der Waals surface area contributed by atoms with Crippen molar-refractivity contribution in [3.63, 3.8) is 0 Å². The Morgan fingerprint density at radius 3 is 2.82 bits per heavy atom. The van der Waals surface area contributed by atoms with E-state index in [-0.39, 0.29) is 17.7 Å². The third kappa shape index (κ3) is 4.07. The molecule has 2 N–H and O–H groups in total. The van der Waals surface area contributed by atoms with Gasteiger partial charge in [0, 0.05) is 25.3 Å². The van der Waals surface area contributed by atoms with Gasteiger partial charge in [-0.15, -0.1) is 0 Å². The van der Waals surface area contributed by atoms with Crippen molar-refractivity contribution in [3.8, 4) is 5.75 Å². The molecule has 1 aromatic carbocycles. The molecule has 4 heteroatoms. The smallest absolute Gasteiger partial charge is 0.251 e. The van der Waals surface area contributed by atoms with Crippen LogP contribution in [0.25, 0.3) is 0 Å². The van der Waals surface area contributed by atoms with Gasteiger partial charge in [0.1, 0.15) is 5.75 Å².